The van der Waals surface area contributed by atoms with Crippen LogP contribution in [0.4, 0.5) is 4.79 Å². The van der Waals surface area contributed by atoms with Crippen LogP contribution < -0.4 is 0 Å². The predicted molar refractivity (Wildman–Crippen MR) is 72.0 cm³/mol. The van der Waals surface area contributed by atoms with E-state index in [1.54, 1.807) is 0 Å². The van der Waals surface area contributed by atoms with Crippen molar-refractivity contribution in [2.24, 2.45) is 0 Å². The number of aromatic nitrogens is 2. The predicted octanol–water partition coefficient (Wildman–Crippen LogP) is -2.34. The van der Waals surface area contributed by atoms with Crippen LogP contribution in [-0.2, 0) is 15.9 Å². The molecule has 0 bridgehead atoms. The number of hydrogen-bond donors (Lipinski definition) is 5. The van der Waals surface area contributed by atoms with Crippen LogP contribution in [0.1, 0.15) is 17.5 Å². The minimum absolute atomic E-state index is 0.00160. The van der Waals surface area contributed by atoms with Gasteiger partial charge in [0.2, 0.25) is 0 Å². The summed E-state index contributed by atoms with van der Waals surface area (Å²) in [6.07, 6.45) is -4.76. The molecule has 2 rings (SSSR count). The standard InChI is InChI=1S/C13H18N2O8/c16-4-8(17)12(20)11(19)7-3-14-6(2-15-7)1-10-9(18)5-22-13(21)23-10/h2-3,8-12,16-20H,1,4-5H2. The number of ether oxygens (including phenoxy) is 2. The fraction of sp³-hybridized carbons (Fsp3) is 0.615. The summed E-state index contributed by atoms with van der Waals surface area (Å²) in [5, 5.41) is 47.1. The van der Waals surface area contributed by atoms with Gasteiger partial charge in [-0.25, -0.2) is 4.79 Å². The van der Waals surface area contributed by atoms with E-state index in [0.717, 1.165) is 0 Å². The fourth-order valence-electron chi connectivity index (χ4n) is 2.00. The van der Waals surface area contributed by atoms with Crippen LogP contribution >= 0.6 is 0 Å². The van der Waals surface area contributed by atoms with Crippen LogP contribution in [-0.4, -0.2) is 79.3 Å². The average molecular weight is 330 g/mol. The number of rotatable bonds is 6. The highest BCUT2D eigenvalue weighted by Gasteiger charge is 2.31. The molecule has 0 aromatic carbocycles. The van der Waals surface area contributed by atoms with Crippen LogP contribution in [0, 0.1) is 0 Å². The van der Waals surface area contributed by atoms with Gasteiger partial charge in [-0.3, -0.25) is 9.97 Å². The van der Waals surface area contributed by atoms with E-state index in [4.69, 9.17) is 9.84 Å². The molecule has 1 aromatic heterocycles. The van der Waals surface area contributed by atoms with E-state index >= 15 is 0 Å². The highest BCUT2D eigenvalue weighted by Crippen LogP contribution is 2.18. The SMILES string of the molecule is O=C1OCC(O)C(Cc2cnc(C(O)C(O)C(O)CO)cn2)O1. The molecule has 10 heteroatoms. The molecular formula is C13H18N2O8. The van der Waals surface area contributed by atoms with Gasteiger partial charge in [0.1, 0.15) is 37.1 Å². The van der Waals surface area contributed by atoms with Crippen molar-refractivity contribution >= 4 is 6.16 Å². The summed E-state index contributed by atoms with van der Waals surface area (Å²) in [6.45, 7) is -0.879. The Bertz CT molecular complexity index is 525. The summed E-state index contributed by atoms with van der Waals surface area (Å²) in [5.41, 5.74) is 0.384. The van der Waals surface area contributed by atoms with Crippen molar-refractivity contribution in [2.45, 2.75) is 36.9 Å². The third kappa shape index (κ3) is 4.33. The van der Waals surface area contributed by atoms with Crippen molar-refractivity contribution in [3.05, 3.63) is 23.8 Å². The van der Waals surface area contributed by atoms with Crippen molar-refractivity contribution < 1.29 is 39.8 Å². The van der Waals surface area contributed by atoms with Crippen molar-refractivity contribution in [1.82, 2.24) is 9.97 Å². The molecule has 10 nitrogen and oxygen atoms in total. The minimum Gasteiger partial charge on any atom is -0.431 e. The summed E-state index contributed by atoms with van der Waals surface area (Å²) in [5.74, 6) is 0. The number of carbonyl (C=O) groups is 1. The second kappa shape index (κ2) is 7.62. The van der Waals surface area contributed by atoms with Crippen LogP contribution in [0.5, 0.6) is 0 Å². The van der Waals surface area contributed by atoms with E-state index < -0.39 is 43.3 Å². The Balaban J connectivity index is 2.00. The van der Waals surface area contributed by atoms with Crippen LogP contribution in [0.2, 0.25) is 0 Å². The largest absolute Gasteiger partial charge is 0.508 e. The number of carbonyl (C=O) groups excluding carboxylic acids is 1. The number of aliphatic hydroxyl groups is 5. The molecule has 128 valence electrons. The van der Waals surface area contributed by atoms with E-state index in [9.17, 15) is 25.2 Å². The number of aliphatic hydroxyl groups excluding tert-OH is 5. The van der Waals surface area contributed by atoms with Crippen LogP contribution in [0.15, 0.2) is 12.4 Å². The Labute approximate surface area is 131 Å². The molecule has 2 heterocycles. The van der Waals surface area contributed by atoms with Gasteiger partial charge in [-0.15, -0.1) is 0 Å². The molecule has 1 aromatic rings. The van der Waals surface area contributed by atoms with Gasteiger partial charge in [-0.1, -0.05) is 0 Å². The maximum atomic E-state index is 11.0. The van der Waals surface area contributed by atoms with Crippen LogP contribution in [0.3, 0.4) is 0 Å². The summed E-state index contributed by atoms with van der Waals surface area (Å²) >= 11 is 0. The lowest BCUT2D eigenvalue weighted by molar-refractivity contribution is -0.0974. The smallest absolute Gasteiger partial charge is 0.431 e. The number of nitrogens with zero attached hydrogens (tertiary/aromatic N) is 2. The second-order valence-corrected chi connectivity index (χ2v) is 5.11. The lowest BCUT2D eigenvalue weighted by Crippen LogP contribution is -2.42. The minimum atomic E-state index is -1.61. The first kappa shape index (κ1) is 17.5. The normalized spacial score (nSPS) is 25.2. The van der Waals surface area contributed by atoms with E-state index in [-0.39, 0.29) is 18.7 Å². The molecular weight excluding hydrogens is 312 g/mol. The molecule has 5 N–H and O–H groups in total. The Morgan fingerprint density at radius 2 is 2.00 bits per heavy atom. The maximum Gasteiger partial charge on any atom is 0.508 e. The van der Waals surface area contributed by atoms with Gasteiger partial charge in [-0.2, -0.15) is 0 Å². The summed E-state index contributed by atoms with van der Waals surface area (Å²) in [6, 6.07) is 0. The molecule has 1 fully saturated rings. The topological polar surface area (TPSA) is 162 Å². The van der Waals surface area contributed by atoms with Gasteiger partial charge < -0.3 is 35.0 Å². The van der Waals surface area contributed by atoms with E-state index in [1.807, 2.05) is 0 Å². The zero-order valence-corrected chi connectivity index (χ0v) is 12.0. The first-order valence-corrected chi connectivity index (χ1v) is 6.89. The summed E-state index contributed by atoms with van der Waals surface area (Å²) in [7, 11) is 0. The molecule has 1 saturated heterocycles. The molecule has 1 aliphatic heterocycles. The monoisotopic (exact) mass is 330 g/mol. The third-order valence-corrected chi connectivity index (χ3v) is 3.39. The molecule has 0 spiro atoms. The van der Waals surface area contributed by atoms with Gasteiger partial charge in [0.15, 0.2) is 0 Å². The molecule has 0 amide bonds. The molecule has 5 unspecified atom stereocenters. The third-order valence-electron chi connectivity index (χ3n) is 3.39. The first-order valence-electron chi connectivity index (χ1n) is 6.89. The Hall–Kier alpha value is -1.85. The van der Waals surface area contributed by atoms with Gasteiger partial charge in [0.05, 0.1) is 24.2 Å². The zero-order chi connectivity index (χ0) is 17.0. The van der Waals surface area contributed by atoms with Gasteiger partial charge in [-0.05, 0) is 0 Å². The summed E-state index contributed by atoms with van der Waals surface area (Å²) < 4.78 is 9.35. The van der Waals surface area contributed by atoms with Crippen molar-refractivity contribution in [3.8, 4) is 0 Å². The van der Waals surface area contributed by atoms with Crippen molar-refractivity contribution in [1.29, 1.82) is 0 Å². The van der Waals surface area contributed by atoms with Crippen molar-refractivity contribution in [2.75, 3.05) is 13.2 Å². The highest BCUT2D eigenvalue weighted by atomic mass is 16.7. The second-order valence-electron chi connectivity index (χ2n) is 5.11. The number of cyclic esters (lactones) is 2. The lowest BCUT2D eigenvalue weighted by atomic mass is 10.1. The fourth-order valence-corrected chi connectivity index (χ4v) is 2.00. The van der Waals surface area contributed by atoms with Gasteiger partial charge in [0.25, 0.3) is 0 Å². The zero-order valence-electron chi connectivity index (χ0n) is 12.0. The summed E-state index contributed by atoms with van der Waals surface area (Å²) in [4.78, 5) is 18.9. The van der Waals surface area contributed by atoms with Crippen LogP contribution in [0.25, 0.3) is 0 Å². The first-order chi connectivity index (χ1) is 10.9. The Morgan fingerprint density at radius 1 is 1.26 bits per heavy atom. The Kier molecular flexibility index (Phi) is 5.80. The quantitative estimate of drug-likeness (QED) is 0.357. The van der Waals surface area contributed by atoms with E-state index in [1.165, 1.54) is 12.4 Å². The highest BCUT2D eigenvalue weighted by molar-refractivity contribution is 5.61. The molecule has 5 atom stereocenters. The average Bonchev–Trinajstić information content (AvgIpc) is 2.56. The molecule has 23 heavy (non-hydrogen) atoms. The molecule has 1 aliphatic rings. The maximum absolute atomic E-state index is 11.0. The Morgan fingerprint density at radius 3 is 2.61 bits per heavy atom. The van der Waals surface area contributed by atoms with Crippen molar-refractivity contribution in [3.63, 3.8) is 0 Å². The van der Waals surface area contributed by atoms with E-state index in [0.29, 0.717) is 5.69 Å². The molecule has 0 radical (unpaired) electrons. The lowest BCUT2D eigenvalue weighted by Gasteiger charge is -2.26. The molecule has 0 saturated carbocycles. The molecule has 0 aliphatic carbocycles. The van der Waals surface area contributed by atoms with Gasteiger partial charge >= 0.3 is 6.16 Å². The van der Waals surface area contributed by atoms with E-state index in [2.05, 4.69) is 14.7 Å². The number of hydrogen-bond acceptors (Lipinski definition) is 10. The van der Waals surface area contributed by atoms with Gasteiger partial charge in [0, 0.05) is 12.6 Å².